The Morgan fingerprint density at radius 2 is 1.12 bits per heavy atom. The second kappa shape index (κ2) is 8.78. The monoisotopic (exact) mass is 362 g/mol. The van der Waals surface area contributed by atoms with E-state index in [0.29, 0.717) is 12.6 Å². The fraction of sp³-hybridized carbons (Fsp3) is 0.174. The van der Waals surface area contributed by atoms with E-state index in [1.54, 1.807) is 0 Å². The number of unbranched alkanes of at least 4 members (excludes halogenated alkanes) is 1. The van der Waals surface area contributed by atoms with Crippen LogP contribution in [0.25, 0.3) is 0 Å². The van der Waals surface area contributed by atoms with Gasteiger partial charge in [-0.25, -0.2) is 0 Å². The molecular weight excluding hydrogens is 339 g/mol. The number of carbonyl (C=O) groups is 1. The van der Waals surface area contributed by atoms with Gasteiger partial charge in [0.05, 0.1) is 0 Å². The highest BCUT2D eigenvalue weighted by atomic mass is 31.2. The van der Waals surface area contributed by atoms with Crippen molar-refractivity contribution in [3.63, 3.8) is 0 Å². The van der Waals surface area contributed by atoms with Gasteiger partial charge in [-0.3, -0.25) is 4.79 Å². The largest absolute Gasteiger partial charge is 0.314 e. The Labute approximate surface area is 155 Å². The highest BCUT2D eigenvalue weighted by molar-refractivity contribution is 7.78. The summed E-state index contributed by atoms with van der Waals surface area (Å²) in [5.41, 5.74) is 0.752. The van der Waals surface area contributed by atoms with Crippen molar-refractivity contribution in [2.45, 2.75) is 19.3 Å². The summed E-state index contributed by atoms with van der Waals surface area (Å²) in [7, 11) is -2.67. The van der Waals surface area contributed by atoms with E-state index in [4.69, 9.17) is 0 Å². The first kappa shape index (κ1) is 18.4. The standard InChI is InChI=1S/C23H23O2P/c24-23(20-12-4-1-5-13-20)18-10-11-19-26(25,21-14-6-2-7-15-21)22-16-8-3-9-17-22/h1-9,12-17H,10-11,18-19H2. The van der Waals surface area contributed by atoms with Gasteiger partial charge < -0.3 is 4.57 Å². The maximum Gasteiger partial charge on any atom is 0.162 e. The van der Waals surface area contributed by atoms with Gasteiger partial charge in [-0.1, -0.05) is 91.0 Å². The molecule has 3 aromatic rings. The second-order valence-electron chi connectivity index (χ2n) is 6.38. The number of ketones is 1. The van der Waals surface area contributed by atoms with Crippen molar-refractivity contribution in [2.75, 3.05) is 6.16 Å². The van der Waals surface area contributed by atoms with Gasteiger partial charge in [0.2, 0.25) is 0 Å². The molecule has 0 amide bonds. The van der Waals surface area contributed by atoms with E-state index in [0.717, 1.165) is 29.0 Å². The van der Waals surface area contributed by atoms with Gasteiger partial charge in [-0.15, -0.1) is 0 Å². The Bertz CT molecular complexity index is 830. The van der Waals surface area contributed by atoms with E-state index in [9.17, 15) is 9.36 Å². The fourth-order valence-corrected chi connectivity index (χ4v) is 5.92. The van der Waals surface area contributed by atoms with Gasteiger partial charge in [0.1, 0.15) is 7.14 Å². The fourth-order valence-electron chi connectivity index (χ4n) is 3.13. The predicted octanol–water partition coefficient (Wildman–Crippen LogP) is 5.05. The molecule has 0 bridgehead atoms. The van der Waals surface area contributed by atoms with Gasteiger partial charge in [0.15, 0.2) is 5.78 Å². The van der Waals surface area contributed by atoms with Crippen LogP contribution in [0.5, 0.6) is 0 Å². The Morgan fingerprint density at radius 3 is 1.62 bits per heavy atom. The third-order valence-corrected chi connectivity index (χ3v) is 7.78. The number of benzene rings is 3. The van der Waals surface area contributed by atoms with E-state index in [1.165, 1.54) is 0 Å². The first-order chi connectivity index (χ1) is 12.7. The maximum absolute atomic E-state index is 13.8. The van der Waals surface area contributed by atoms with Crippen LogP contribution in [-0.2, 0) is 4.57 Å². The predicted molar refractivity (Wildman–Crippen MR) is 109 cm³/mol. The highest BCUT2D eigenvalue weighted by Crippen LogP contribution is 2.44. The quantitative estimate of drug-likeness (QED) is 0.319. The van der Waals surface area contributed by atoms with E-state index >= 15 is 0 Å². The molecule has 0 saturated carbocycles. The number of rotatable bonds is 8. The van der Waals surface area contributed by atoms with Crippen molar-refractivity contribution in [1.82, 2.24) is 0 Å². The normalized spacial score (nSPS) is 11.2. The van der Waals surface area contributed by atoms with E-state index in [-0.39, 0.29) is 5.78 Å². The summed E-state index contributed by atoms with van der Waals surface area (Å²) in [6, 6.07) is 28.8. The zero-order valence-corrected chi connectivity index (χ0v) is 15.6. The van der Waals surface area contributed by atoms with E-state index in [2.05, 4.69) is 0 Å². The third-order valence-electron chi connectivity index (χ3n) is 4.57. The lowest BCUT2D eigenvalue weighted by Gasteiger charge is -2.19. The van der Waals surface area contributed by atoms with E-state index in [1.807, 2.05) is 91.0 Å². The summed E-state index contributed by atoms with van der Waals surface area (Å²) in [4.78, 5) is 12.2. The molecule has 132 valence electrons. The molecule has 0 spiro atoms. The molecule has 0 unspecified atom stereocenters. The van der Waals surface area contributed by atoms with Crippen molar-refractivity contribution < 1.29 is 9.36 Å². The molecule has 0 atom stereocenters. The lowest BCUT2D eigenvalue weighted by molar-refractivity contribution is 0.0980. The van der Waals surface area contributed by atoms with Gasteiger partial charge >= 0.3 is 0 Å². The summed E-state index contributed by atoms with van der Waals surface area (Å²) in [5.74, 6) is 0.153. The number of carbonyl (C=O) groups excluding carboxylic acids is 1. The summed E-state index contributed by atoms with van der Waals surface area (Å²) >= 11 is 0. The Balaban J connectivity index is 1.68. The minimum absolute atomic E-state index is 0.153. The van der Waals surface area contributed by atoms with Crippen LogP contribution in [0.3, 0.4) is 0 Å². The molecule has 0 aromatic heterocycles. The minimum atomic E-state index is -2.67. The third kappa shape index (κ3) is 4.39. The van der Waals surface area contributed by atoms with Crippen molar-refractivity contribution in [2.24, 2.45) is 0 Å². The lowest BCUT2D eigenvalue weighted by Crippen LogP contribution is -2.18. The molecule has 26 heavy (non-hydrogen) atoms. The molecule has 0 aliphatic rings. The van der Waals surface area contributed by atoms with Gasteiger partial charge in [0, 0.05) is 28.8 Å². The molecule has 0 fully saturated rings. The van der Waals surface area contributed by atoms with Gasteiger partial charge in [0.25, 0.3) is 0 Å². The smallest absolute Gasteiger partial charge is 0.162 e. The maximum atomic E-state index is 13.8. The average molecular weight is 362 g/mol. The number of hydrogen-bond donors (Lipinski definition) is 0. The van der Waals surface area contributed by atoms with Crippen LogP contribution in [0.4, 0.5) is 0 Å². The molecular formula is C23H23O2P. The van der Waals surface area contributed by atoms with Gasteiger partial charge in [-0.2, -0.15) is 0 Å². The Hall–Kier alpha value is -2.44. The lowest BCUT2D eigenvalue weighted by atomic mass is 10.1. The topological polar surface area (TPSA) is 34.1 Å². The van der Waals surface area contributed by atoms with Crippen LogP contribution < -0.4 is 10.6 Å². The molecule has 0 aliphatic heterocycles. The summed E-state index contributed by atoms with van der Waals surface area (Å²) < 4.78 is 13.8. The average Bonchev–Trinajstić information content (AvgIpc) is 2.73. The molecule has 3 rings (SSSR count). The first-order valence-corrected chi connectivity index (χ1v) is 10.9. The van der Waals surface area contributed by atoms with Crippen LogP contribution >= 0.6 is 7.14 Å². The zero-order valence-electron chi connectivity index (χ0n) is 14.8. The molecule has 0 radical (unpaired) electrons. The Kier molecular flexibility index (Phi) is 6.20. The van der Waals surface area contributed by atoms with Crippen LogP contribution in [0.2, 0.25) is 0 Å². The molecule has 0 N–H and O–H groups in total. The van der Waals surface area contributed by atoms with Crippen molar-refractivity contribution >= 4 is 23.5 Å². The molecule has 2 nitrogen and oxygen atoms in total. The van der Waals surface area contributed by atoms with Gasteiger partial charge in [-0.05, 0) is 12.8 Å². The number of hydrogen-bond acceptors (Lipinski definition) is 2. The Morgan fingerprint density at radius 1 is 0.654 bits per heavy atom. The number of Topliss-reactive ketones (excluding diaryl/α,β-unsaturated/α-hetero) is 1. The minimum Gasteiger partial charge on any atom is -0.314 e. The first-order valence-electron chi connectivity index (χ1n) is 8.99. The van der Waals surface area contributed by atoms with E-state index < -0.39 is 7.14 Å². The van der Waals surface area contributed by atoms with Crippen LogP contribution in [-0.4, -0.2) is 11.9 Å². The van der Waals surface area contributed by atoms with Crippen LogP contribution in [0, 0.1) is 0 Å². The second-order valence-corrected chi connectivity index (χ2v) is 9.34. The molecule has 3 aromatic carbocycles. The molecule has 0 aliphatic carbocycles. The summed E-state index contributed by atoms with van der Waals surface area (Å²) in [6.45, 7) is 0. The highest BCUT2D eigenvalue weighted by Gasteiger charge is 2.26. The molecule has 0 heterocycles. The van der Waals surface area contributed by atoms with Crippen LogP contribution in [0.15, 0.2) is 91.0 Å². The summed E-state index contributed by atoms with van der Waals surface area (Å²) in [6.07, 6.45) is 2.59. The van der Waals surface area contributed by atoms with Crippen LogP contribution in [0.1, 0.15) is 29.6 Å². The van der Waals surface area contributed by atoms with Crippen molar-refractivity contribution in [3.05, 3.63) is 96.6 Å². The zero-order chi connectivity index (χ0) is 18.2. The van der Waals surface area contributed by atoms with Crippen molar-refractivity contribution in [3.8, 4) is 0 Å². The molecule has 3 heteroatoms. The molecule has 0 saturated heterocycles. The SMILES string of the molecule is O=C(CCCCP(=O)(c1ccccc1)c1ccccc1)c1ccccc1. The summed E-state index contributed by atoms with van der Waals surface area (Å²) in [5, 5.41) is 1.78. The van der Waals surface area contributed by atoms with Crippen molar-refractivity contribution in [1.29, 1.82) is 0 Å².